The number of fused-ring (bicyclic) bond motifs is 3. The molecule has 0 bridgehead atoms. The van der Waals surface area contributed by atoms with E-state index in [2.05, 4.69) is 15.0 Å². The highest BCUT2D eigenvalue weighted by molar-refractivity contribution is 5.99. The topological polar surface area (TPSA) is 102 Å². The van der Waals surface area contributed by atoms with E-state index in [0.29, 0.717) is 53.0 Å². The molecule has 5 rings (SSSR count). The number of carbonyl (C=O) groups is 1. The number of aryl methyl sites for hydroxylation is 1. The van der Waals surface area contributed by atoms with Crippen LogP contribution >= 0.6 is 0 Å². The molecule has 1 heterocycles. The van der Waals surface area contributed by atoms with Crippen molar-refractivity contribution in [2.45, 2.75) is 51.1 Å². The number of H-pyrrole nitrogens is 1. The maximum absolute atomic E-state index is 14.1. The van der Waals surface area contributed by atoms with E-state index in [-0.39, 0.29) is 17.4 Å². The van der Waals surface area contributed by atoms with E-state index >= 15 is 0 Å². The standard InChI is InChI=1S/C32H33F3N2O6/c1-18(2)42-26-11-7-19(20-8-12-27(40-3)28(15-20)41-4)14-23(26)30(39)37-31(17-38)13-5-6-24-29(31)22-10-9-21(16-25(22)36-24)43-32(33,34)35/h7-12,14-16,18,36,38H,5-6,13,17H2,1-4H3,(H,37,39). The van der Waals surface area contributed by atoms with Crippen molar-refractivity contribution in [3.05, 3.63) is 71.4 Å². The van der Waals surface area contributed by atoms with Crippen molar-refractivity contribution < 1.29 is 42.0 Å². The summed E-state index contributed by atoms with van der Waals surface area (Å²) in [6, 6.07) is 14.7. The van der Waals surface area contributed by atoms with Crippen LogP contribution in [0.25, 0.3) is 22.0 Å². The summed E-state index contributed by atoms with van der Waals surface area (Å²) in [7, 11) is 3.09. The molecule has 1 aliphatic carbocycles. The van der Waals surface area contributed by atoms with Crippen LogP contribution in [0, 0.1) is 0 Å². The second-order valence-electron chi connectivity index (χ2n) is 10.7. The van der Waals surface area contributed by atoms with Crippen LogP contribution in [-0.4, -0.2) is 49.3 Å². The van der Waals surface area contributed by atoms with E-state index in [0.717, 1.165) is 16.8 Å². The van der Waals surface area contributed by atoms with Gasteiger partial charge in [0.25, 0.3) is 5.91 Å². The Morgan fingerprint density at radius 2 is 1.70 bits per heavy atom. The summed E-state index contributed by atoms with van der Waals surface area (Å²) in [4.78, 5) is 17.2. The Bertz CT molecular complexity index is 1650. The Hall–Kier alpha value is -4.38. The summed E-state index contributed by atoms with van der Waals surface area (Å²) in [5.41, 5.74) is 2.38. The molecule has 1 aromatic heterocycles. The number of hydrogen-bond acceptors (Lipinski definition) is 6. The van der Waals surface area contributed by atoms with Crippen LogP contribution in [0.4, 0.5) is 13.2 Å². The van der Waals surface area contributed by atoms with Crippen LogP contribution in [0.1, 0.15) is 48.3 Å². The molecule has 8 nitrogen and oxygen atoms in total. The van der Waals surface area contributed by atoms with Crippen molar-refractivity contribution in [2.24, 2.45) is 0 Å². The Balaban J connectivity index is 1.55. The Labute approximate surface area is 246 Å². The number of hydrogen-bond donors (Lipinski definition) is 3. The first kappa shape index (κ1) is 30.1. The molecule has 0 saturated heterocycles. The molecule has 1 aliphatic rings. The molecule has 1 unspecified atom stereocenters. The van der Waals surface area contributed by atoms with Gasteiger partial charge in [0.2, 0.25) is 0 Å². The van der Waals surface area contributed by atoms with Gasteiger partial charge in [0.05, 0.1) is 38.0 Å². The number of alkyl halides is 3. The minimum atomic E-state index is -4.83. The average molecular weight is 599 g/mol. The molecule has 228 valence electrons. The number of aliphatic hydroxyl groups excluding tert-OH is 1. The number of halogens is 3. The normalized spacial score (nSPS) is 16.6. The zero-order valence-electron chi connectivity index (χ0n) is 24.2. The molecule has 3 aromatic carbocycles. The van der Waals surface area contributed by atoms with Crippen molar-refractivity contribution in [1.29, 1.82) is 0 Å². The molecule has 3 N–H and O–H groups in total. The summed E-state index contributed by atoms with van der Waals surface area (Å²) >= 11 is 0. The summed E-state index contributed by atoms with van der Waals surface area (Å²) in [6.45, 7) is 3.29. The number of nitrogens with one attached hydrogen (secondary N) is 2. The molecule has 43 heavy (non-hydrogen) atoms. The molecule has 1 atom stereocenters. The van der Waals surface area contributed by atoms with Gasteiger partial charge in [-0.1, -0.05) is 12.1 Å². The number of aromatic amines is 1. The zero-order chi connectivity index (χ0) is 30.9. The number of rotatable bonds is 9. The molecule has 4 aromatic rings. The monoisotopic (exact) mass is 598 g/mol. The summed E-state index contributed by atoms with van der Waals surface area (Å²) < 4.78 is 59.4. The van der Waals surface area contributed by atoms with Crippen LogP contribution in [0.3, 0.4) is 0 Å². The minimum absolute atomic E-state index is 0.215. The lowest BCUT2D eigenvalue weighted by atomic mass is 9.78. The first-order valence-corrected chi connectivity index (χ1v) is 13.8. The molecule has 0 spiro atoms. The van der Waals surface area contributed by atoms with Gasteiger partial charge in [-0.2, -0.15) is 0 Å². The Morgan fingerprint density at radius 3 is 2.35 bits per heavy atom. The van der Waals surface area contributed by atoms with Gasteiger partial charge in [0, 0.05) is 28.2 Å². The number of carbonyl (C=O) groups excluding carboxylic acids is 1. The third-order valence-corrected chi connectivity index (χ3v) is 7.52. The lowest BCUT2D eigenvalue weighted by molar-refractivity contribution is -0.274. The molecule has 0 aliphatic heterocycles. The third kappa shape index (κ3) is 6.08. The lowest BCUT2D eigenvalue weighted by Gasteiger charge is -2.37. The fraction of sp³-hybridized carbons (Fsp3) is 0.344. The highest BCUT2D eigenvalue weighted by Gasteiger charge is 2.41. The summed E-state index contributed by atoms with van der Waals surface area (Å²) in [5.74, 6) is 0.642. The zero-order valence-corrected chi connectivity index (χ0v) is 24.2. The molecular formula is C32H33F3N2O6. The smallest absolute Gasteiger partial charge is 0.493 e. The van der Waals surface area contributed by atoms with Crippen molar-refractivity contribution in [2.75, 3.05) is 20.8 Å². The van der Waals surface area contributed by atoms with E-state index in [1.807, 2.05) is 32.0 Å². The highest BCUT2D eigenvalue weighted by Crippen LogP contribution is 2.42. The second kappa shape index (κ2) is 11.7. The summed E-state index contributed by atoms with van der Waals surface area (Å²) in [6.07, 6.45) is -3.38. The average Bonchev–Trinajstić information content (AvgIpc) is 3.34. The van der Waals surface area contributed by atoms with Crippen LogP contribution in [0.5, 0.6) is 23.0 Å². The van der Waals surface area contributed by atoms with Gasteiger partial charge in [-0.05, 0) is 80.6 Å². The fourth-order valence-corrected chi connectivity index (χ4v) is 5.72. The van der Waals surface area contributed by atoms with E-state index in [1.54, 1.807) is 32.4 Å². The van der Waals surface area contributed by atoms with Crippen molar-refractivity contribution in [1.82, 2.24) is 10.3 Å². The maximum atomic E-state index is 14.1. The van der Waals surface area contributed by atoms with Gasteiger partial charge in [-0.25, -0.2) is 0 Å². The van der Waals surface area contributed by atoms with E-state index in [1.165, 1.54) is 18.2 Å². The summed E-state index contributed by atoms with van der Waals surface area (Å²) in [5, 5.41) is 14.4. The highest BCUT2D eigenvalue weighted by atomic mass is 19.4. The van der Waals surface area contributed by atoms with Crippen molar-refractivity contribution in [3.8, 4) is 34.1 Å². The molecular weight excluding hydrogens is 565 g/mol. The first-order valence-electron chi connectivity index (χ1n) is 13.8. The van der Waals surface area contributed by atoms with Crippen LogP contribution in [0.2, 0.25) is 0 Å². The first-order chi connectivity index (χ1) is 20.5. The Morgan fingerprint density at radius 1 is 1.00 bits per heavy atom. The second-order valence-corrected chi connectivity index (χ2v) is 10.7. The van der Waals surface area contributed by atoms with Gasteiger partial charge >= 0.3 is 6.36 Å². The minimum Gasteiger partial charge on any atom is -0.493 e. The van der Waals surface area contributed by atoms with Crippen LogP contribution in [-0.2, 0) is 12.0 Å². The molecule has 11 heteroatoms. The van der Waals surface area contributed by atoms with Crippen LogP contribution in [0.15, 0.2) is 54.6 Å². The molecule has 0 radical (unpaired) electrons. The number of aromatic nitrogens is 1. The lowest BCUT2D eigenvalue weighted by Crippen LogP contribution is -2.50. The van der Waals surface area contributed by atoms with Gasteiger partial charge in [-0.3, -0.25) is 4.79 Å². The number of amides is 1. The van der Waals surface area contributed by atoms with E-state index in [9.17, 15) is 23.1 Å². The molecule has 0 fully saturated rings. The number of methoxy groups -OCH3 is 2. The molecule has 0 saturated carbocycles. The van der Waals surface area contributed by atoms with Crippen molar-refractivity contribution in [3.63, 3.8) is 0 Å². The maximum Gasteiger partial charge on any atom is 0.573 e. The number of benzene rings is 3. The van der Waals surface area contributed by atoms with Gasteiger partial charge in [0.1, 0.15) is 11.5 Å². The number of aliphatic hydroxyl groups is 1. The quantitative estimate of drug-likeness (QED) is 0.204. The third-order valence-electron chi connectivity index (χ3n) is 7.52. The predicted molar refractivity (Wildman–Crippen MR) is 155 cm³/mol. The van der Waals surface area contributed by atoms with Crippen LogP contribution < -0.4 is 24.3 Å². The number of ether oxygens (including phenoxy) is 4. The largest absolute Gasteiger partial charge is 0.573 e. The van der Waals surface area contributed by atoms with E-state index < -0.39 is 24.4 Å². The fourth-order valence-electron chi connectivity index (χ4n) is 5.72. The van der Waals surface area contributed by atoms with Gasteiger partial charge in [-0.15, -0.1) is 13.2 Å². The predicted octanol–water partition coefficient (Wildman–Crippen LogP) is 6.49. The van der Waals surface area contributed by atoms with Gasteiger partial charge < -0.3 is 34.4 Å². The van der Waals surface area contributed by atoms with Gasteiger partial charge in [0.15, 0.2) is 11.5 Å². The van der Waals surface area contributed by atoms with E-state index in [4.69, 9.17) is 14.2 Å². The molecule has 1 amide bonds. The SMILES string of the molecule is COc1ccc(-c2ccc(OC(C)C)c(C(=O)NC3(CO)CCCc4[nH]c5cc(OC(F)(F)F)ccc5c43)c2)cc1OC. The Kier molecular flexibility index (Phi) is 8.20. The van der Waals surface area contributed by atoms with Crippen molar-refractivity contribution >= 4 is 16.8 Å².